The van der Waals surface area contributed by atoms with E-state index < -0.39 is 0 Å². The zero-order valence-electron chi connectivity index (χ0n) is 10.4. The molecular weight excluding hydrogens is 250 g/mol. The first kappa shape index (κ1) is 12.7. The molecule has 0 aliphatic rings. The van der Waals surface area contributed by atoms with Crippen molar-refractivity contribution in [3.63, 3.8) is 0 Å². The fourth-order valence-electron chi connectivity index (χ4n) is 1.44. The van der Waals surface area contributed by atoms with E-state index >= 15 is 0 Å². The second-order valence-corrected chi connectivity index (χ2v) is 6.54. The summed E-state index contributed by atoms with van der Waals surface area (Å²) in [6.07, 6.45) is 0. The first-order chi connectivity index (χ1) is 8.19. The maximum Gasteiger partial charge on any atom is 0.151 e. The third-order valence-electron chi connectivity index (χ3n) is 2.19. The summed E-state index contributed by atoms with van der Waals surface area (Å²) in [4.78, 5) is 4.61. The van der Waals surface area contributed by atoms with Crippen molar-refractivity contribution in [3.8, 4) is 5.75 Å². The van der Waals surface area contributed by atoms with Crippen molar-refractivity contribution >= 4 is 33.3 Å². The van der Waals surface area contributed by atoms with Crippen LogP contribution >= 0.6 is 23.1 Å². The van der Waals surface area contributed by atoms with Gasteiger partial charge in [-0.15, -0.1) is 11.3 Å². The minimum absolute atomic E-state index is 0.700. The second-order valence-electron chi connectivity index (χ2n) is 4.25. The summed E-state index contributed by atoms with van der Waals surface area (Å²) in [7, 11) is 0. The number of hydrogen-bond donors (Lipinski definition) is 0. The van der Waals surface area contributed by atoms with Crippen molar-refractivity contribution in [3.05, 3.63) is 18.2 Å². The van der Waals surface area contributed by atoms with Gasteiger partial charge in [0.2, 0.25) is 0 Å². The standard InChI is InChI=1S/C13H17NOS2/c1-4-15-10-5-6-11-12(7-10)17-13(14-11)16-8-9(2)3/h5-7,9H,4,8H2,1-3H3. The van der Waals surface area contributed by atoms with E-state index in [1.807, 2.05) is 30.8 Å². The summed E-state index contributed by atoms with van der Waals surface area (Å²) >= 11 is 3.59. The summed E-state index contributed by atoms with van der Waals surface area (Å²) < 4.78 is 7.86. The lowest BCUT2D eigenvalue weighted by atomic mass is 10.3. The van der Waals surface area contributed by atoms with Crippen LogP contribution in [0.25, 0.3) is 10.2 Å². The van der Waals surface area contributed by atoms with Crippen molar-refractivity contribution in [2.45, 2.75) is 25.1 Å². The fourth-order valence-corrected chi connectivity index (χ4v) is 3.51. The second kappa shape index (κ2) is 5.74. The van der Waals surface area contributed by atoms with Crippen LogP contribution in [0, 0.1) is 5.92 Å². The molecule has 0 saturated heterocycles. The van der Waals surface area contributed by atoms with E-state index in [0.717, 1.165) is 21.4 Å². The first-order valence-corrected chi connectivity index (χ1v) is 7.65. The van der Waals surface area contributed by atoms with Crippen LogP contribution in [0.2, 0.25) is 0 Å². The topological polar surface area (TPSA) is 22.1 Å². The van der Waals surface area contributed by atoms with Crippen molar-refractivity contribution in [1.82, 2.24) is 4.98 Å². The minimum atomic E-state index is 0.700. The smallest absolute Gasteiger partial charge is 0.151 e. The van der Waals surface area contributed by atoms with E-state index in [4.69, 9.17) is 4.74 Å². The van der Waals surface area contributed by atoms with E-state index in [9.17, 15) is 0 Å². The number of benzene rings is 1. The molecule has 0 fully saturated rings. The van der Waals surface area contributed by atoms with Gasteiger partial charge in [0.25, 0.3) is 0 Å². The maximum absolute atomic E-state index is 5.49. The zero-order chi connectivity index (χ0) is 12.3. The number of nitrogens with zero attached hydrogens (tertiary/aromatic N) is 1. The Hall–Kier alpha value is -0.740. The Bertz CT molecular complexity index is 493. The van der Waals surface area contributed by atoms with Crippen LogP contribution in [-0.2, 0) is 0 Å². The lowest BCUT2D eigenvalue weighted by Gasteiger charge is -2.00. The quantitative estimate of drug-likeness (QED) is 0.748. The van der Waals surface area contributed by atoms with Crippen LogP contribution in [0.4, 0.5) is 0 Å². The Morgan fingerprint density at radius 2 is 2.24 bits per heavy atom. The fraction of sp³-hybridized carbons (Fsp3) is 0.462. The molecule has 4 heteroatoms. The summed E-state index contributed by atoms with van der Waals surface area (Å²) in [5, 5.41) is 0. The molecular formula is C13H17NOS2. The van der Waals surface area contributed by atoms with Crippen molar-refractivity contribution in [2.24, 2.45) is 5.92 Å². The molecule has 1 aromatic carbocycles. The molecule has 0 aliphatic carbocycles. The summed E-state index contributed by atoms with van der Waals surface area (Å²) in [6.45, 7) is 7.17. The number of ether oxygens (including phenoxy) is 1. The SMILES string of the molecule is CCOc1ccc2nc(SCC(C)C)sc2c1. The van der Waals surface area contributed by atoms with Crippen LogP contribution in [0.5, 0.6) is 5.75 Å². The monoisotopic (exact) mass is 267 g/mol. The van der Waals surface area contributed by atoms with Gasteiger partial charge in [-0.05, 0) is 31.0 Å². The van der Waals surface area contributed by atoms with Gasteiger partial charge in [-0.3, -0.25) is 0 Å². The van der Waals surface area contributed by atoms with Gasteiger partial charge in [0.05, 0.1) is 16.8 Å². The molecule has 2 rings (SSSR count). The van der Waals surface area contributed by atoms with Crippen LogP contribution < -0.4 is 4.74 Å². The molecule has 0 unspecified atom stereocenters. The minimum Gasteiger partial charge on any atom is -0.494 e. The maximum atomic E-state index is 5.49. The molecule has 0 aliphatic heterocycles. The van der Waals surface area contributed by atoms with E-state index in [1.165, 1.54) is 4.70 Å². The van der Waals surface area contributed by atoms with Gasteiger partial charge in [0.15, 0.2) is 4.34 Å². The largest absolute Gasteiger partial charge is 0.494 e. The highest BCUT2D eigenvalue weighted by Crippen LogP contribution is 2.32. The van der Waals surface area contributed by atoms with E-state index in [-0.39, 0.29) is 0 Å². The predicted octanol–water partition coefficient (Wildman–Crippen LogP) is 4.44. The Balaban J connectivity index is 2.18. The first-order valence-electron chi connectivity index (χ1n) is 5.85. The van der Waals surface area contributed by atoms with Crippen molar-refractivity contribution < 1.29 is 4.74 Å². The van der Waals surface area contributed by atoms with Crippen LogP contribution in [0.1, 0.15) is 20.8 Å². The van der Waals surface area contributed by atoms with Gasteiger partial charge < -0.3 is 4.74 Å². The van der Waals surface area contributed by atoms with E-state index in [2.05, 4.69) is 24.9 Å². The van der Waals surface area contributed by atoms with Gasteiger partial charge in [-0.2, -0.15) is 0 Å². The van der Waals surface area contributed by atoms with E-state index in [0.29, 0.717) is 12.5 Å². The Labute approximate surface area is 110 Å². The summed E-state index contributed by atoms with van der Waals surface area (Å²) in [5.74, 6) is 2.76. The highest BCUT2D eigenvalue weighted by molar-refractivity contribution is 8.01. The lowest BCUT2D eigenvalue weighted by Crippen LogP contribution is -1.90. The van der Waals surface area contributed by atoms with Crippen LogP contribution in [0.3, 0.4) is 0 Å². The molecule has 0 saturated carbocycles. The summed E-state index contributed by atoms with van der Waals surface area (Å²) in [5.41, 5.74) is 1.07. The predicted molar refractivity (Wildman–Crippen MR) is 76.4 cm³/mol. The van der Waals surface area contributed by atoms with Crippen LogP contribution in [0.15, 0.2) is 22.5 Å². The Morgan fingerprint density at radius 1 is 1.41 bits per heavy atom. The molecule has 17 heavy (non-hydrogen) atoms. The normalized spacial score (nSPS) is 11.3. The molecule has 0 spiro atoms. The molecule has 1 heterocycles. The van der Waals surface area contributed by atoms with Gasteiger partial charge in [0, 0.05) is 5.75 Å². The van der Waals surface area contributed by atoms with Gasteiger partial charge in [0.1, 0.15) is 5.75 Å². The number of thioether (sulfide) groups is 1. The molecule has 2 aromatic rings. The van der Waals surface area contributed by atoms with Crippen molar-refractivity contribution in [1.29, 1.82) is 0 Å². The average Bonchev–Trinajstić information content (AvgIpc) is 2.69. The van der Waals surface area contributed by atoms with E-state index in [1.54, 1.807) is 11.3 Å². The molecule has 92 valence electrons. The van der Waals surface area contributed by atoms with Gasteiger partial charge in [-0.25, -0.2) is 4.98 Å². The zero-order valence-corrected chi connectivity index (χ0v) is 12.0. The average molecular weight is 267 g/mol. The summed E-state index contributed by atoms with van der Waals surface area (Å²) in [6, 6.07) is 6.11. The molecule has 2 nitrogen and oxygen atoms in total. The number of thiazole rings is 1. The lowest BCUT2D eigenvalue weighted by molar-refractivity contribution is 0.341. The van der Waals surface area contributed by atoms with Crippen LogP contribution in [-0.4, -0.2) is 17.3 Å². The van der Waals surface area contributed by atoms with Gasteiger partial charge >= 0.3 is 0 Å². The van der Waals surface area contributed by atoms with Crippen molar-refractivity contribution in [2.75, 3.05) is 12.4 Å². The highest BCUT2D eigenvalue weighted by Gasteiger charge is 2.06. The molecule has 0 atom stereocenters. The number of aromatic nitrogens is 1. The Morgan fingerprint density at radius 3 is 2.94 bits per heavy atom. The highest BCUT2D eigenvalue weighted by atomic mass is 32.2. The number of rotatable bonds is 5. The Kier molecular flexibility index (Phi) is 4.29. The third kappa shape index (κ3) is 3.36. The molecule has 1 aromatic heterocycles. The third-order valence-corrected chi connectivity index (χ3v) is 4.78. The molecule has 0 N–H and O–H groups in total. The molecule has 0 radical (unpaired) electrons. The number of hydrogen-bond acceptors (Lipinski definition) is 4. The number of fused-ring (bicyclic) bond motifs is 1. The molecule has 0 bridgehead atoms. The molecule has 0 amide bonds. The van der Waals surface area contributed by atoms with Gasteiger partial charge in [-0.1, -0.05) is 25.6 Å².